The molecule has 0 aliphatic carbocycles. The normalized spacial score (nSPS) is 24.2. The number of rotatable bonds is 3. The first kappa shape index (κ1) is 16.8. The summed E-state index contributed by atoms with van der Waals surface area (Å²) in [6.45, 7) is 5.56. The second kappa shape index (κ2) is 7.22. The van der Waals surface area contributed by atoms with Gasteiger partial charge in [-0.3, -0.25) is 4.90 Å². The van der Waals surface area contributed by atoms with Crippen molar-refractivity contribution in [3.63, 3.8) is 0 Å². The topological polar surface area (TPSA) is 41.3 Å². The number of hydrogen-bond donors (Lipinski definition) is 1. The van der Waals surface area contributed by atoms with Crippen LogP contribution in [0.2, 0.25) is 5.02 Å². The highest BCUT2D eigenvalue weighted by atomic mass is 35.5. The van der Waals surface area contributed by atoms with E-state index in [0.717, 1.165) is 47.8 Å². The largest absolute Gasteiger partial charge is 0.444 e. The van der Waals surface area contributed by atoms with Crippen molar-refractivity contribution in [1.82, 2.24) is 15.2 Å². The molecule has 4 nitrogen and oxygen atoms in total. The fourth-order valence-electron chi connectivity index (χ4n) is 3.59. The maximum Gasteiger partial charge on any atom is 0.226 e. The Morgan fingerprint density at radius 1 is 1.22 bits per heavy atom. The molecule has 2 fully saturated rings. The average molecular weight is 354 g/mol. The van der Waals surface area contributed by atoms with Crippen LogP contribution in [0.15, 0.2) is 34.9 Å². The van der Waals surface area contributed by atoms with Crippen LogP contribution in [0, 0.1) is 11.8 Å². The molecule has 0 spiro atoms. The summed E-state index contributed by atoms with van der Waals surface area (Å²) in [5.41, 5.74) is 1.98. The summed E-state index contributed by atoms with van der Waals surface area (Å²) >= 11 is 5.91. The van der Waals surface area contributed by atoms with Crippen LogP contribution in [0.1, 0.15) is 12.1 Å². The summed E-state index contributed by atoms with van der Waals surface area (Å²) in [5.74, 6) is 2.35. The molecule has 0 amide bonds. The number of benzene rings is 1. The van der Waals surface area contributed by atoms with Gasteiger partial charge in [-0.15, -0.1) is 12.4 Å². The van der Waals surface area contributed by atoms with E-state index in [9.17, 15) is 0 Å². The lowest BCUT2D eigenvalue weighted by Crippen LogP contribution is -2.39. The van der Waals surface area contributed by atoms with Gasteiger partial charge in [-0.05, 0) is 62.2 Å². The Morgan fingerprint density at radius 2 is 2.00 bits per heavy atom. The summed E-state index contributed by atoms with van der Waals surface area (Å²) in [5, 5.41) is 4.23. The molecule has 6 heteroatoms. The molecule has 2 atom stereocenters. The number of halogens is 2. The van der Waals surface area contributed by atoms with Gasteiger partial charge in [0.05, 0.1) is 5.69 Å². The molecule has 2 aliphatic rings. The summed E-state index contributed by atoms with van der Waals surface area (Å²) < 4.78 is 5.63. The minimum Gasteiger partial charge on any atom is -0.444 e. The molecule has 1 aromatic heterocycles. The van der Waals surface area contributed by atoms with Gasteiger partial charge in [-0.2, -0.15) is 0 Å². The quantitative estimate of drug-likeness (QED) is 0.917. The van der Waals surface area contributed by atoms with Crippen LogP contribution in [0.4, 0.5) is 0 Å². The Kier molecular flexibility index (Phi) is 5.27. The molecule has 2 saturated heterocycles. The molecule has 0 saturated carbocycles. The van der Waals surface area contributed by atoms with Gasteiger partial charge >= 0.3 is 0 Å². The molecule has 1 aromatic carbocycles. The van der Waals surface area contributed by atoms with Crippen LogP contribution in [0.5, 0.6) is 0 Å². The van der Waals surface area contributed by atoms with Crippen LogP contribution >= 0.6 is 24.0 Å². The van der Waals surface area contributed by atoms with E-state index in [1.54, 1.807) is 6.26 Å². The van der Waals surface area contributed by atoms with E-state index in [1.165, 1.54) is 19.5 Å². The maximum atomic E-state index is 5.91. The third-order valence-corrected chi connectivity index (χ3v) is 5.07. The van der Waals surface area contributed by atoms with Crippen LogP contribution < -0.4 is 5.32 Å². The number of oxazole rings is 1. The van der Waals surface area contributed by atoms with Crippen molar-refractivity contribution < 1.29 is 4.42 Å². The molecule has 4 rings (SSSR count). The highest BCUT2D eigenvalue weighted by Gasteiger charge is 2.32. The van der Waals surface area contributed by atoms with E-state index in [4.69, 9.17) is 16.0 Å². The molecule has 0 radical (unpaired) electrons. The van der Waals surface area contributed by atoms with E-state index >= 15 is 0 Å². The van der Waals surface area contributed by atoms with Gasteiger partial charge in [0.2, 0.25) is 5.89 Å². The van der Waals surface area contributed by atoms with Gasteiger partial charge in [0.1, 0.15) is 6.26 Å². The Morgan fingerprint density at radius 3 is 2.83 bits per heavy atom. The Labute approximate surface area is 147 Å². The fraction of sp³-hybridized carbons (Fsp3) is 0.471. The third-order valence-electron chi connectivity index (χ3n) is 4.82. The number of likely N-dealkylation sites (tertiary alicyclic amines) is 1. The van der Waals surface area contributed by atoms with Gasteiger partial charge in [0, 0.05) is 23.7 Å². The lowest BCUT2D eigenvalue weighted by Gasteiger charge is -2.33. The molecular weight excluding hydrogens is 333 g/mol. The molecule has 3 heterocycles. The number of hydrogen-bond acceptors (Lipinski definition) is 4. The maximum absolute atomic E-state index is 5.91. The van der Waals surface area contributed by atoms with E-state index < -0.39 is 0 Å². The van der Waals surface area contributed by atoms with Crippen molar-refractivity contribution in [2.75, 3.05) is 26.2 Å². The van der Waals surface area contributed by atoms with Crippen molar-refractivity contribution in [2.45, 2.75) is 13.0 Å². The molecule has 124 valence electrons. The molecule has 0 bridgehead atoms. The zero-order chi connectivity index (χ0) is 14.9. The summed E-state index contributed by atoms with van der Waals surface area (Å²) in [6, 6.07) is 7.60. The predicted molar refractivity (Wildman–Crippen MR) is 93.9 cm³/mol. The second-order valence-electron chi connectivity index (χ2n) is 6.35. The molecule has 2 aromatic rings. The SMILES string of the molecule is Cl.Clc1ccc(-c2nc(CN3CCC4CNCC4C3)co2)cc1. The van der Waals surface area contributed by atoms with Crippen LogP contribution in [0.25, 0.3) is 11.5 Å². The van der Waals surface area contributed by atoms with Gasteiger partial charge in [-0.25, -0.2) is 4.98 Å². The molecule has 2 unspecified atom stereocenters. The predicted octanol–water partition coefficient (Wildman–Crippen LogP) is 3.46. The third kappa shape index (κ3) is 3.72. The van der Waals surface area contributed by atoms with E-state index in [2.05, 4.69) is 15.2 Å². The van der Waals surface area contributed by atoms with Crippen molar-refractivity contribution >= 4 is 24.0 Å². The first-order valence-electron chi connectivity index (χ1n) is 7.91. The minimum absolute atomic E-state index is 0. The first-order chi connectivity index (χ1) is 10.8. The molecule has 23 heavy (non-hydrogen) atoms. The number of nitrogens with zero attached hydrogens (tertiary/aromatic N) is 2. The first-order valence-corrected chi connectivity index (χ1v) is 8.29. The zero-order valence-corrected chi connectivity index (χ0v) is 14.4. The smallest absolute Gasteiger partial charge is 0.226 e. The average Bonchev–Trinajstić information content (AvgIpc) is 3.17. The number of nitrogens with one attached hydrogen (secondary N) is 1. The summed E-state index contributed by atoms with van der Waals surface area (Å²) in [7, 11) is 0. The monoisotopic (exact) mass is 353 g/mol. The lowest BCUT2D eigenvalue weighted by atomic mass is 9.89. The van der Waals surface area contributed by atoms with Gasteiger partial charge in [0.15, 0.2) is 0 Å². The lowest BCUT2D eigenvalue weighted by molar-refractivity contribution is 0.141. The molecule has 1 N–H and O–H groups in total. The molecular formula is C17H21Cl2N3O. The van der Waals surface area contributed by atoms with Crippen LogP contribution in [-0.2, 0) is 6.54 Å². The second-order valence-corrected chi connectivity index (χ2v) is 6.79. The number of aromatic nitrogens is 1. The summed E-state index contributed by atoms with van der Waals surface area (Å²) in [4.78, 5) is 7.12. The summed E-state index contributed by atoms with van der Waals surface area (Å²) in [6.07, 6.45) is 3.07. The van der Waals surface area contributed by atoms with Crippen molar-refractivity contribution in [3.8, 4) is 11.5 Å². The van der Waals surface area contributed by atoms with Crippen molar-refractivity contribution in [2.24, 2.45) is 11.8 Å². The standard InChI is InChI=1S/C17H20ClN3O.ClH/c18-15-3-1-12(2-4-15)17-20-16(11-22-17)10-21-6-5-13-7-19-8-14(13)9-21;/h1-4,11,13-14,19H,5-10H2;1H. The van der Waals surface area contributed by atoms with Crippen LogP contribution in [0.3, 0.4) is 0 Å². The number of fused-ring (bicyclic) bond motifs is 1. The van der Waals surface area contributed by atoms with E-state index in [-0.39, 0.29) is 12.4 Å². The van der Waals surface area contributed by atoms with E-state index in [0.29, 0.717) is 5.89 Å². The molecule has 2 aliphatic heterocycles. The highest BCUT2D eigenvalue weighted by Crippen LogP contribution is 2.28. The van der Waals surface area contributed by atoms with Gasteiger partial charge in [0.25, 0.3) is 0 Å². The van der Waals surface area contributed by atoms with Crippen molar-refractivity contribution in [1.29, 1.82) is 0 Å². The van der Waals surface area contributed by atoms with Crippen molar-refractivity contribution in [3.05, 3.63) is 41.2 Å². The highest BCUT2D eigenvalue weighted by molar-refractivity contribution is 6.30. The minimum atomic E-state index is 0. The fourth-order valence-corrected chi connectivity index (χ4v) is 3.71. The Hall–Kier alpha value is -1.07. The van der Waals surface area contributed by atoms with Gasteiger partial charge in [-0.1, -0.05) is 11.6 Å². The Balaban J connectivity index is 0.00000156. The number of piperidine rings is 1. The van der Waals surface area contributed by atoms with E-state index in [1.807, 2.05) is 24.3 Å². The van der Waals surface area contributed by atoms with Gasteiger partial charge < -0.3 is 9.73 Å². The zero-order valence-electron chi connectivity index (χ0n) is 12.9. The Bertz CT molecular complexity index is 644. The van der Waals surface area contributed by atoms with Crippen LogP contribution in [-0.4, -0.2) is 36.1 Å².